The molecule has 5 rings (SSSR count). The number of nitrogens with zero attached hydrogens (tertiary/aromatic N) is 2. The van der Waals surface area contributed by atoms with Crippen LogP contribution in [-0.2, 0) is 4.74 Å². The predicted molar refractivity (Wildman–Crippen MR) is 115 cm³/mol. The smallest absolute Gasteiger partial charge is 0.290 e. The monoisotopic (exact) mass is 420 g/mol. The van der Waals surface area contributed by atoms with E-state index in [-0.39, 0.29) is 17.1 Å². The van der Waals surface area contributed by atoms with E-state index in [0.717, 1.165) is 50.4 Å². The van der Waals surface area contributed by atoms with Crippen LogP contribution in [0.4, 0.5) is 0 Å². The zero-order valence-electron chi connectivity index (χ0n) is 17.6. The lowest BCUT2D eigenvalue weighted by atomic mass is 9.99. The minimum atomic E-state index is -0.475. The summed E-state index contributed by atoms with van der Waals surface area (Å²) in [7, 11) is 0. The van der Waals surface area contributed by atoms with E-state index in [1.165, 1.54) is 4.90 Å². The Morgan fingerprint density at radius 3 is 2.81 bits per heavy atom. The molecule has 4 heterocycles. The third-order valence-corrected chi connectivity index (χ3v) is 6.25. The van der Waals surface area contributed by atoms with Gasteiger partial charge in [-0.15, -0.1) is 0 Å². The number of aryl methyl sites for hydroxylation is 1. The second-order valence-corrected chi connectivity index (χ2v) is 8.33. The maximum absolute atomic E-state index is 13.5. The molecule has 1 atom stereocenters. The van der Waals surface area contributed by atoms with Gasteiger partial charge >= 0.3 is 0 Å². The van der Waals surface area contributed by atoms with E-state index >= 15 is 0 Å². The number of nitrogens with one attached hydrogen (secondary N) is 1. The number of pyridine rings is 1. The number of carbonyl (C=O) groups is 1. The molecule has 31 heavy (non-hydrogen) atoms. The van der Waals surface area contributed by atoms with Gasteiger partial charge in [0.05, 0.1) is 36.8 Å². The van der Waals surface area contributed by atoms with Crippen molar-refractivity contribution in [3.8, 4) is 0 Å². The summed E-state index contributed by atoms with van der Waals surface area (Å²) in [5, 5.41) is 0.514. The molecular formula is C24H26N3O4+. The summed E-state index contributed by atoms with van der Waals surface area (Å²) in [4.78, 5) is 34.4. The van der Waals surface area contributed by atoms with E-state index in [4.69, 9.17) is 9.15 Å². The van der Waals surface area contributed by atoms with Crippen LogP contribution in [0, 0.1) is 6.92 Å². The van der Waals surface area contributed by atoms with Gasteiger partial charge in [-0.05, 0) is 30.7 Å². The molecule has 2 aromatic heterocycles. The summed E-state index contributed by atoms with van der Waals surface area (Å²) in [5.74, 6) is -0.0608. The van der Waals surface area contributed by atoms with E-state index in [2.05, 4.69) is 4.98 Å². The Balaban J connectivity index is 1.52. The highest BCUT2D eigenvalue weighted by molar-refractivity contribution is 5.99. The molecule has 0 saturated carbocycles. The van der Waals surface area contributed by atoms with Crippen molar-refractivity contribution in [3.63, 3.8) is 0 Å². The number of fused-ring (bicyclic) bond motifs is 2. The Morgan fingerprint density at radius 2 is 2.03 bits per heavy atom. The summed E-state index contributed by atoms with van der Waals surface area (Å²) in [6.45, 7) is 7.01. The van der Waals surface area contributed by atoms with Crippen molar-refractivity contribution in [3.05, 3.63) is 75.4 Å². The molecule has 1 saturated heterocycles. The van der Waals surface area contributed by atoms with Gasteiger partial charge in [0.2, 0.25) is 5.76 Å². The number of aromatic nitrogens is 1. The fourth-order valence-corrected chi connectivity index (χ4v) is 4.66. The Hall–Kier alpha value is -3.03. The van der Waals surface area contributed by atoms with Gasteiger partial charge in [-0.1, -0.05) is 17.7 Å². The van der Waals surface area contributed by atoms with Crippen molar-refractivity contribution in [2.45, 2.75) is 19.4 Å². The number of hydrogen-bond acceptors (Lipinski definition) is 5. The highest BCUT2D eigenvalue weighted by Crippen LogP contribution is 2.37. The quantitative estimate of drug-likeness (QED) is 0.674. The van der Waals surface area contributed by atoms with Crippen molar-refractivity contribution < 1.29 is 18.8 Å². The molecule has 160 valence electrons. The number of morpholine rings is 1. The SMILES string of the molecule is Cc1ccc2oc3c(c(=O)c2c1)[C@H](c1cccnc1)N(CCC[NH+]1CCOCC1)C3=O. The Kier molecular flexibility index (Phi) is 5.29. The van der Waals surface area contributed by atoms with Crippen molar-refractivity contribution >= 4 is 16.9 Å². The largest absolute Gasteiger partial charge is 0.450 e. The topological polar surface area (TPSA) is 77.1 Å². The number of amides is 1. The van der Waals surface area contributed by atoms with Crippen molar-refractivity contribution in [2.75, 3.05) is 39.4 Å². The minimum absolute atomic E-state index is 0.136. The summed E-state index contributed by atoms with van der Waals surface area (Å²) in [6, 6.07) is 8.76. The number of rotatable bonds is 5. The first-order valence-electron chi connectivity index (χ1n) is 10.8. The molecule has 1 N–H and O–H groups in total. The fraction of sp³-hybridized carbons (Fsp3) is 0.375. The molecular weight excluding hydrogens is 394 g/mol. The fourth-order valence-electron chi connectivity index (χ4n) is 4.66. The van der Waals surface area contributed by atoms with Crippen LogP contribution in [0.1, 0.15) is 39.7 Å². The van der Waals surface area contributed by atoms with Gasteiger partial charge < -0.3 is 19.0 Å². The molecule has 3 aromatic rings. The van der Waals surface area contributed by atoms with Crippen LogP contribution in [0.3, 0.4) is 0 Å². The zero-order valence-corrected chi connectivity index (χ0v) is 17.6. The van der Waals surface area contributed by atoms with Gasteiger partial charge in [0.25, 0.3) is 5.91 Å². The molecule has 2 aliphatic rings. The molecule has 0 bridgehead atoms. The molecule has 1 amide bonds. The number of hydrogen-bond donors (Lipinski definition) is 1. The number of ether oxygens (including phenoxy) is 1. The third-order valence-electron chi connectivity index (χ3n) is 6.25. The lowest BCUT2D eigenvalue weighted by Gasteiger charge is -2.27. The Labute approximate surface area is 180 Å². The Morgan fingerprint density at radius 1 is 1.19 bits per heavy atom. The molecule has 7 nitrogen and oxygen atoms in total. The van der Waals surface area contributed by atoms with E-state index < -0.39 is 6.04 Å². The van der Waals surface area contributed by atoms with Crippen LogP contribution in [0.5, 0.6) is 0 Å². The number of benzene rings is 1. The molecule has 0 unspecified atom stereocenters. The molecule has 7 heteroatoms. The van der Waals surface area contributed by atoms with Crippen molar-refractivity contribution in [1.29, 1.82) is 0 Å². The molecule has 1 aromatic carbocycles. The standard InChI is InChI=1S/C24H25N3O4/c1-16-5-6-19-18(14-16)22(28)20-21(17-4-2-7-25-15-17)27(24(29)23(20)31-19)9-3-8-26-10-12-30-13-11-26/h2,4-7,14-15,21H,3,8-13H2,1H3/p+1/t21-/m0/s1. The molecule has 0 radical (unpaired) electrons. The molecule has 2 aliphatic heterocycles. The van der Waals surface area contributed by atoms with Gasteiger partial charge in [-0.3, -0.25) is 14.6 Å². The van der Waals surface area contributed by atoms with E-state index in [0.29, 0.717) is 23.1 Å². The first-order chi connectivity index (χ1) is 15.1. The van der Waals surface area contributed by atoms with Crippen LogP contribution < -0.4 is 10.3 Å². The third kappa shape index (κ3) is 3.64. The average molecular weight is 420 g/mol. The van der Waals surface area contributed by atoms with Crippen molar-refractivity contribution in [2.24, 2.45) is 0 Å². The van der Waals surface area contributed by atoms with Crippen LogP contribution >= 0.6 is 0 Å². The highest BCUT2D eigenvalue weighted by atomic mass is 16.5. The van der Waals surface area contributed by atoms with E-state index in [1.54, 1.807) is 23.4 Å². The second kappa shape index (κ2) is 8.24. The highest BCUT2D eigenvalue weighted by Gasteiger charge is 2.42. The van der Waals surface area contributed by atoms with Gasteiger partial charge in [-0.25, -0.2) is 0 Å². The lowest BCUT2D eigenvalue weighted by Crippen LogP contribution is -3.14. The van der Waals surface area contributed by atoms with Crippen molar-refractivity contribution in [1.82, 2.24) is 9.88 Å². The van der Waals surface area contributed by atoms with E-state index in [1.807, 2.05) is 31.2 Å². The van der Waals surface area contributed by atoms with Gasteiger partial charge in [-0.2, -0.15) is 0 Å². The normalized spacial score (nSPS) is 19.2. The van der Waals surface area contributed by atoms with Gasteiger partial charge in [0.15, 0.2) is 5.43 Å². The maximum Gasteiger partial charge on any atom is 0.290 e. The first kappa shape index (κ1) is 19.9. The van der Waals surface area contributed by atoms with Crippen LogP contribution in [0.2, 0.25) is 0 Å². The Bertz CT molecular complexity index is 1170. The molecule has 0 aliphatic carbocycles. The van der Waals surface area contributed by atoms with E-state index in [9.17, 15) is 9.59 Å². The summed E-state index contributed by atoms with van der Waals surface area (Å²) < 4.78 is 11.4. The van der Waals surface area contributed by atoms with Crippen LogP contribution in [0.15, 0.2) is 51.9 Å². The maximum atomic E-state index is 13.5. The average Bonchev–Trinajstić information content (AvgIpc) is 3.08. The van der Waals surface area contributed by atoms with Gasteiger partial charge in [0, 0.05) is 25.4 Å². The summed E-state index contributed by atoms with van der Waals surface area (Å²) in [5.41, 5.74) is 2.55. The predicted octanol–water partition coefficient (Wildman–Crippen LogP) is 1.35. The second-order valence-electron chi connectivity index (χ2n) is 8.33. The first-order valence-corrected chi connectivity index (χ1v) is 10.8. The minimum Gasteiger partial charge on any atom is -0.450 e. The zero-order chi connectivity index (χ0) is 21.4. The molecule has 0 spiro atoms. The van der Waals surface area contributed by atoms with Crippen LogP contribution in [-0.4, -0.2) is 55.2 Å². The lowest BCUT2D eigenvalue weighted by molar-refractivity contribution is -0.908. The van der Waals surface area contributed by atoms with Gasteiger partial charge in [0.1, 0.15) is 18.7 Å². The molecule has 1 fully saturated rings. The summed E-state index contributed by atoms with van der Waals surface area (Å²) >= 11 is 0. The number of quaternary nitrogens is 1. The summed E-state index contributed by atoms with van der Waals surface area (Å²) in [6.07, 6.45) is 4.27. The van der Waals surface area contributed by atoms with Crippen LogP contribution in [0.25, 0.3) is 11.0 Å². The number of carbonyl (C=O) groups excluding carboxylic acids is 1.